The van der Waals surface area contributed by atoms with Gasteiger partial charge in [-0.1, -0.05) is 53.9 Å². The van der Waals surface area contributed by atoms with Crippen molar-refractivity contribution in [1.29, 1.82) is 0 Å². The Bertz CT molecular complexity index is 1200. The van der Waals surface area contributed by atoms with Gasteiger partial charge in [0.15, 0.2) is 0 Å². The summed E-state index contributed by atoms with van der Waals surface area (Å²) in [4.78, 5) is -0.246. The Morgan fingerprint density at radius 2 is 1.79 bits per heavy atom. The molecule has 0 radical (unpaired) electrons. The molecule has 8 heteroatoms. The molecule has 0 N–H and O–H groups in total. The Morgan fingerprint density at radius 1 is 1.14 bits per heavy atom. The lowest BCUT2D eigenvalue weighted by atomic mass is 10.0. The maximum atomic E-state index is 14.7. The van der Waals surface area contributed by atoms with Crippen LogP contribution in [0, 0.1) is 5.82 Å². The van der Waals surface area contributed by atoms with Crippen molar-refractivity contribution >= 4 is 44.8 Å². The molecule has 1 unspecified atom stereocenters. The molecule has 152 valence electrons. The van der Waals surface area contributed by atoms with Gasteiger partial charge in [0, 0.05) is 16.8 Å². The normalized spacial score (nSPS) is 16.2. The van der Waals surface area contributed by atoms with Crippen LogP contribution < -0.4 is 0 Å². The van der Waals surface area contributed by atoms with Crippen LogP contribution in [-0.4, -0.2) is 12.4 Å². The average molecular weight is 473 g/mol. The molecule has 1 aliphatic carbocycles. The second-order valence-corrected chi connectivity index (χ2v) is 10.0. The van der Waals surface area contributed by atoms with Crippen LogP contribution in [0.3, 0.4) is 0 Å². The highest BCUT2D eigenvalue weighted by Crippen LogP contribution is 2.45. The predicted octanol–water partition coefficient (Wildman–Crippen LogP) is 6.93. The van der Waals surface area contributed by atoms with Crippen LogP contribution in [0.15, 0.2) is 47.5 Å². The van der Waals surface area contributed by atoms with Gasteiger partial charge in [-0.2, -0.15) is 0 Å². The first-order valence-electron chi connectivity index (χ1n) is 9.14. The highest BCUT2D eigenvalue weighted by atomic mass is 35.5. The topological polar surface area (TPSA) is 39.1 Å². The van der Waals surface area contributed by atoms with Crippen molar-refractivity contribution in [2.75, 3.05) is 0 Å². The van der Waals surface area contributed by atoms with Crippen molar-refractivity contribution in [2.24, 2.45) is 0 Å². The standard InChI is InChI=1S/C21H17Cl3FNO2S/c1-2-12-7-8-14-16(12)11-26(20(14)15-5-3-4-6-19(15)25)29(27,28)21-17(23)9-13(22)10-18(21)24/h3-6,9-12H,2,7-8H2,1H3. The van der Waals surface area contributed by atoms with Gasteiger partial charge in [0.1, 0.15) is 10.7 Å². The van der Waals surface area contributed by atoms with E-state index in [1.807, 2.05) is 0 Å². The van der Waals surface area contributed by atoms with Gasteiger partial charge in [-0.3, -0.25) is 0 Å². The lowest BCUT2D eigenvalue weighted by Crippen LogP contribution is -2.15. The van der Waals surface area contributed by atoms with E-state index in [9.17, 15) is 12.8 Å². The van der Waals surface area contributed by atoms with Crippen LogP contribution in [0.25, 0.3) is 11.3 Å². The molecule has 1 aromatic heterocycles. The first-order chi connectivity index (χ1) is 13.8. The van der Waals surface area contributed by atoms with Crippen molar-refractivity contribution in [3.05, 3.63) is 74.6 Å². The Kier molecular flexibility index (Phi) is 5.45. The quantitative estimate of drug-likeness (QED) is 0.413. The monoisotopic (exact) mass is 471 g/mol. The molecule has 1 aliphatic rings. The number of aromatic nitrogens is 1. The van der Waals surface area contributed by atoms with Crippen LogP contribution in [0.4, 0.5) is 4.39 Å². The van der Waals surface area contributed by atoms with Crippen LogP contribution in [0.2, 0.25) is 15.1 Å². The number of hydrogen-bond donors (Lipinski definition) is 0. The molecular weight excluding hydrogens is 456 g/mol. The summed E-state index contributed by atoms with van der Waals surface area (Å²) < 4.78 is 43.1. The molecule has 0 bridgehead atoms. The maximum absolute atomic E-state index is 14.7. The minimum atomic E-state index is -4.19. The molecule has 3 nitrogen and oxygen atoms in total. The summed E-state index contributed by atoms with van der Waals surface area (Å²) in [6.45, 7) is 2.06. The summed E-state index contributed by atoms with van der Waals surface area (Å²) in [6.07, 6.45) is 4.05. The van der Waals surface area contributed by atoms with Gasteiger partial charge in [0.05, 0.1) is 15.7 Å². The third-order valence-electron chi connectivity index (χ3n) is 5.40. The molecule has 3 aromatic rings. The third-order valence-corrected chi connectivity index (χ3v) is 8.20. The van der Waals surface area contributed by atoms with E-state index >= 15 is 0 Å². The number of rotatable bonds is 4. The minimum Gasteiger partial charge on any atom is -0.240 e. The molecule has 0 fully saturated rings. The van der Waals surface area contributed by atoms with E-state index in [2.05, 4.69) is 6.92 Å². The number of nitrogens with zero attached hydrogens (tertiary/aromatic N) is 1. The Balaban J connectivity index is 2.04. The van der Waals surface area contributed by atoms with Crippen molar-refractivity contribution in [1.82, 2.24) is 3.97 Å². The molecule has 0 saturated carbocycles. The first kappa shape index (κ1) is 20.7. The smallest absolute Gasteiger partial charge is 0.240 e. The summed E-state index contributed by atoms with van der Waals surface area (Å²) in [6, 6.07) is 8.82. The van der Waals surface area contributed by atoms with Gasteiger partial charge in [0.2, 0.25) is 0 Å². The molecule has 1 heterocycles. The number of halogens is 4. The fourth-order valence-corrected chi connectivity index (χ4v) is 6.96. The fraction of sp³-hybridized carbons (Fsp3) is 0.238. The number of hydrogen-bond acceptors (Lipinski definition) is 2. The van der Waals surface area contributed by atoms with E-state index in [1.54, 1.807) is 24.4 Å². The predicted molar refractivity (Wildman–Crippen MR) is 115 cm³/mol. The van der Waals surface area contributed by atoms with E-state index in [0.717, 1.165) is 27.9 Å². The molecule has 0 saturated heterocycles. The molecular formula is C21H17Cl3FNO2S. The summed E-state index contributed by atoms with van der Waals surface area (Å²) >= 11 is 18.4. The Morgan fingerprint density at radius 3 is 2.41 bits per heavy atom. The second-order valence-electron chi connectivity index (χ2n) is 7.03. The first-order valence-corrected chi connectivity index (χ1v) is 11.7. The van der Waals surface area contributed by atoms with Gasteiger partial charge in [0.25, 0.3) is 10.0 Å². The number of benzene rings is 2. The van der Waals surface area contributed by atoms with Gasteiger partial charge >= 0.3 is 0 Å². The van der Waals surface area contributed by atoms with Gasteiger partial charge in [-0.15, -0.1) is 0 Å². The van der Waals surface area contributed by atoms with Crippen LogP contribution >= 0.6 is 34.8 Å². The van der Waals surface area contributed by atoms with E-state index < -0.39 is 15.8 Å². The molecule has 4 rings (SSSR count). The van der Waals surface area contributed by atoms with E-state index in [4.69, 9.17) is 34.8 Å². The molecule has 29 heavy (non-hydrogen) atoms. The third kappa shape index (κ3) is 3.38. The zero-order valence-electron chi connectivity index (χ0n) is 15.4. The zero-order chi connectivity index (χ0) is 20.9. The van der Waals surface area contributed by atoms with Crippen LogP contribution in [0.5, 0.6) is 0 Å². The highest BCUT2D eigenvalue weighted by molar-refractivity contribution is 7.90. The molecule has 0 amide bonds. The lowest BCUT2D eigenvalue weighted by Gasteiger charge is -2.15. The molecule has 0 spiro atoms. The summed E-state index contributed by atoms with van der Waals surface area (Å²) in [7, 11) is -4.19. The molecule has 0 aliphatic heterocycles. The number of fused-ring (bicyclic) bond motifs is 1. The zero-order valence-corrected chi connectivity index (χ0v) is 18.5. The van der Waals surface area contributed by atoms with Gasteiger partial charge in [-0.25, -0.2) is 16.8 Å². The van der Waals surface area contributed by atoms with Crippen LogP contribution in [-0.2, 0) is 16.4 Å². The summed E-state index contributed by atoms with van der Waals surface area (Å²) in [5.41, 5.74) is 2.34. The van der Waals surface area contributed by atoms with Crippen molar-refractivity contribution in [3.8, 4) is 11.3 Å². The van der Waals surface area contributed by atoms with E-state index in [0.29, 0.717) is 12.1 Å². The maximum Gasteiger partial charge on any atom is 0.271 e. The fourth-order valence-electron chi connectivity index (χ4n) is 4.05. The second kappa shape index (κ2) is 7.62. The molecule has 1 atom stereocenters. The Hall–Kier alpha value is -1.53. The molecule has 2 aromatic carbocycles. The average Bonchev–Trinajstić information content (AvgIpc) is 3.20. The van der Waals surface area contributed by atoms with Crippen molar-refractivity contribution in [2.45, 2.75) is 37.0 Å². The highest BCUT2D eigenvalue weighted by Gasteiger charge is 2.34. The summed E-state index contributed by atoms with van der Waals surface area (Å²) in [5.74, 6) is -0.263. The lowest BCUT2D eigenvalue weighted by molar-refractivity contribution is 0.586. The van der Waals surface area contributed by atoms with E-state index in [-0.39, 0.29) is 31.4 Å². The van der Waals surface area contributed by atoms with Crippen molar-refractivity contribution in [3.63, 3.8) is 0 Å². The summed E-state index contributed by atoms with van der Waals surface area (Å²) in [5, 5.41) is 0.0695. The van der Waals surface area contributed by atoms with Crippen LogP contribution in [0.1, 0.15) is 36.8 Å². The van der Waals surface area contributed by atoms with Gasteiger partial charge in [-0.05, 0) is 60.6 Å². The minimum absolute atomic E-state index is 0.0807. The Labute approximate surface area is 184 Å². The SMILES string of the molecule is CCC1CCc2c1cn(S(=O)(=O)c1c(Cl)cc(Cl)cc1Cl)c2-c1ccccc1F. The van der Waals surface area contributed by atoms with Crippen molar-refractivity contribution < 1.29 is 12.8 Å². The van der Waals surface area contributed by atoms with E-state index in [1.165, 1.54) is 18.2 Å². The largest absolute Gasteiger partial charge is 0.271 e. The van der Waals surface area contributed by atoms with Gasteiger partial charge < -0.3 is 0 Å².